The van der Waals surface area contributed by atoms with Crippen molar-refractivity contribution in [2.24, 2.45) is 0 Å². The number of rotatable bonds is 7. The first-order valence-corrected chi connectivity index (χ1v) is 10.4. The van der Waals surface area contributed by atoms with Gasteiger partial charge in [-0.25, -0.2) is 13.2 Å². The van der Waals surface area contributed by atoms with Crippen molar-refractivity contribution in [1.82, 2.24) is 0 Å². The third kappa shape index (κ3) is 5.42. The number of hydrogen-bond donors (Lipinski definition) is 2. The van der Waals surface area contributed by atoms with Gasteiger partial charge in [0.25, 0.3) is 0 Å². The van der Waals surface area contributed by atoms with Gasteiger partial charge in [-0.2, -0.15) is 0 Å². The zero-order valence-electron chi connectivity index (χ0n) is 16.3. The molecule has 0 amide bonds. The van der Waals surface area contributed by atoms with Crippen molar-refractivity contribution >= 4 is 29.0 Å². The zero-order chi connectivity index (χ0) is 22.9. The van der Waals surface area contributed by atoms with Gasteiger partial charge in [-0.1, -0.05) is 18.2 Å². The number of alkyl halides is 3. The van der Waals surface area contributed by atoms with Crippen molar-refractivity contribution in [3.63, 3.8) is 0 Å². The van der Waals surface area contributed by atoms with E-state index in [0.717, 1.165) is 37.1 Å². The average Bonchev–Trinajstić information content (AvgIpc) is 3.56. The van der Waals surface area contributed by atoms with E-state index in [0.29, 0.717) is 16.4 Å². The van der Waals surface area contributed by atoms with Gasteiger partial charge in [0.15, 0.2) is 11.6 Å². The van der Waals surface area contributed by atoms with E-state index in [1.807, 2.05) is 0 Å². The SMILES string of the molecule is Fc1cc(-c2ccc(OC(F)(F)F)cc2)ccc1Nc1c(NSC2CC2)ccc(F)c1F. The van der Waals surface area contributed by atoms with Gasteiger partial charge in [-0.3, -0.25) is 0 Å². The van der Waals surface area contributed by atoms with Gasteiger partial charge >= 0.3 is 6.36 Å². The van der Waals surface area contributed by atoms with Crippen LogP contribution in [0, 0.1) is 17.5 Å². The Hall–Kier alpha value is -3.01. The summed E-state index contributed by atoms with van der Waals surface area (Å²) in [7, 11) is 0. The van der Waals surface area contributed by atoms with E-state index in [9.17, 15) is 26.3 Å². The van der Waals surface area contributed by atoms with Gasteiger partial charge in [-0.05, 0) is 72.3 Å². The maximum atomic E-state index is 14.7. The Morgan fingerprint density at radius 1 is 0.812 bits per heavy atom. The summed E-state index contributed by atoms with van der Waals surface area (Å²) in [5, 5.41) is 3.00. The minimum atomic E-state index is -4.81. The molecule has 168 valence electrons. The molecule has 0 aromatic heterocycles. The molecule has 1 fully saturated rings. The average molecular weight is 470 g/mol. The maximum absolute atomic E-state index is 14.7. The van der Waals surface area contributed by atoms with Gasteiger partial charge in [0.1, 0.15) is 17.3 Å². The van der Waals surface area contributed by atoms with E-state index in [1.54, 1.807) is 0 Å². The standard InChI is InChI=1S/C22H16F6N2OS/c23-16-8-10-19(30-32-15-6-7-15)21(20(16)25)29-18-9-3-13(11-17(18)24)12-1-4-14(5-2-12)31-22(26,27)28/h1-5,8-11,15,29-30H,6-7H2. The van der Waals surface area contributed by atoms with Crippen LogP contribution in [0.1, 0.15) is 12.8 Å². The molecule has 4 rings (SSSR count). The highest BCUT2D eigenvalue weighted by atomic mass is 32.2. The van der Waals surface area contributed by atoms with Crippen LogP contribution in [0.4, 0.5) is 43.4 Å². The lowest BCUT2D eigenvalue weighted by Crippen LogP contribution is -2.16. The monoisotopic (exact) mass is 470 g/mol. The molecule has 10 heteroatoms. The van der Waals surface area contributed by atoms with E-state index in [4.69, 9.17) is 0 Å². The van der Waals surface area contributed by atoms with E-state index < -0.39 is 29.6 Å². The van der Waals surface area contributed by atoms with Crippen molar-refractivity contribution in [3.8, 4) is 16.9 Å². The molecule has 0 saturated heterocycles. The van der Waals surface area contributed by atoms with Gasteiger partial charge in [0.2, 0.25) is 0 Å². The smallest absolute Gasteiger partial charge is 0.406 e. The third-order valence-corrected chi connectivity index (χ3v) is 5.75. The molecule has 0 aliphatic heterocycles. The fraction of sp³-hybridized carbons (Fsp3) is 0.182. The second-order valence-corrected chi connectivity index (χ2v) is 8.20. The highest BCUT2D eigenvalue weighted by molar-refractivity contribution is 8.01. The largest absolute Gasteiger partial charge is 0.573 e. The summed E-state index contributed by atoms with van der Waals surface area (Å²) in [6.45, 7) is 0. The Balaban J connectivity index is 1.55. The lowest BCUT2D eigenvalue weighted by molar-refractivity contribution is -0.274. The Labute approximate surface area is 183 Å². The van der Waals surface area contributed by atoms with Crippen LogP contribution >= 0.6 is 11.9 Å². The summed E-state index contributed by atoms with van der Waals surface area (Å²) in [4.78, 5) is 0. The molecule has 3 nitrogen and oxygen atoms in total. The Morgan fingerprint density at radius 2 is 1.47 bits per heavy atom. The molecular weight excluding hydrogens is 454 g/mol. The highest BCUT2D eigenvalue weighted by Crippen LogP contribution is 2.38. The number of ether oxygens (including phenoxy) is 1. The number of benzene rings is 3. The van der Waals surface area contributed by atoms with Gasteiger partial charge < -0.3 is 14.8 Å². The topological polar surface area (TPSA) is 33.3 Å². The van der Waals surface area contributed by atoms with Crippen molar-refractivity contribution in [3.05, 3.63) is 72.0 Å². The Morgan fingerprint density at radius 3 is 2.09 bits per heavy atom. The van der Waals surface area contributed by atoms with Crippen molar-refractivity contribution < 1.29 is 31.1 Å². The lowest BCUT2D eigenvalue weighted by Gasteiger charge is -2.16. The van der Waals surface area contributed by atoms with E-state index in [1.165, 1.54) is 42.3 Å². The maximum Gasteiger partial charge on any atom is 0.573 e. The highest BCUT2D eigenvalue weighted by Gasteiger charge is 2.31. The first-order valence-electron chi connectivity index (χ1n) is 9.52. The minimum absolute atomic E-state index is 0.0882. The predicted octanol–water partition coefficient (Wildman–Crippen LogP) is 7.64. The summed E-state index contributed by atoms with van der Waals surface area (Å²) in [5.41, 5.74) is 0.803. The Kier molecular flexibility index (Phi) is 6.14. The second-order valence-electron chi connectivity index (χ2n) is 7.10. The molecule has 0 atom stereocenters. The molecule has 0 heterocycles. The molecule has 0 unspecified atom stereocenters. The fourth-order valence-electron chi connectivity index (χ4n) is 2.87. The van der Waals surface area contributed by atoms with Crippen LogP contribution < -0.4 is 14.8 Å². The molecule has 1 aliphatic rings. The van der Waals surface area contributed by atoms with Crippen molar-refractivity contribution in [2.75, 3.05) is 10.0 Å². The molecule has 0 radical (unpaired) electrons. The second kappa shape index (κ2) is 8.85. The summed E-state index contributed by atoms with van der Waals surface area (Å²) in [5.74, 6) is -3.36. The summed E-state index contributed by atoms with van der Waals surface area (Å²) >= 11 is 1.39. The predicted molar refractivity (Wildman–Crippen MR) is 112 cm³/mol. The molecule has 32 heavy (non-hydrogen) atoms. The van der Waals surface area contributed by atoms with E-state index in [-0.39, 0.29) is 17.1 Å². The minimum Gasteiger partial charge on any atom is -0.406 e. The molecule has 3 aromatic carbocycles. The van der Waals surface area contributed by atoms with Crippen LogP contribution in [0.25, 0.3) is 11.1 Å². The molecule has 0 bridgehead atoms. The Bertz CT molecular complexity index is 1120. The quantitative estimate of drug-likeness (QED) is 0.275. The summed E-state index contributed by atoms with van der Waals surface area (Å²) in [6.07, 6.45) is -2.75. The fourth-order valence-corrected chi connectivity index (χ4v) is 3.71. The van der Waals surface area contributed by atoms with Gasteiger partial charge in [0.05, 0.1) is 11.4 Å². The molecule has 1 aliphatic carbocycles. The van der Waals surface area contributed by atoms with E-state index in [2.05, 4.69) is 14.8 Å². The van der Waals surface area contributed by atoms with Crippen LogP contribution in [0.3, 0.4) is 0 Å². The number of halogens is 6. The lowest BCUT2D eigenvalue weighted by atomic mass is 10.0. The van der Waals surface area contributed by atoms with Crippen molar-refractivity contribution in [2.45, 2.75) is 24.5 Å². The summed E-state index contributed by atoms with van der Waals surface area (Å²) < 4.78 is 86.5. The van der Waals surface area contributed by atoms with Crippen LogP contribution in [0.2, 0.25) is 0 Å². The van der Waals surface area contributed by atoms with Crippen LogP contribution in [-0.4, -0.2) is 11.6 Å². The first kappa shape index (κ1) is 22.2. The third-order valence-electron chi connectivity index (χ3n) is 4.60. The van der Waals surface area contributed by atoms with Gasteiger partial charge in [-0.15, -0.1) is 13.2 Å². The van der Waals surface area contributed by atoms with Crippen LogP contribution in [0.15, 0.2) is 54.6 Å². The van der Waals surface area contributed by atoms with E-state index >= 15 is 0 Å². The molecule has 1 saturated carbocycles. The van der Waals surface area contributed by atoms with Crippen LogP contribution in [0.5, 0.6) is 5.75 Å². The number of anilines is 3. The molecule has 0 spiro atoms. The number of nitrogens with one attached hydrogen (secondary N) is 2. The van der Waals surface area contributed by atoms with Crippen molar-refractivity contribution in [1.29, 1.82) is 0 Å². The molecular formula is C22H16F6N2OS. The first-order chi connectivity index (χ1) is 15.2. The normalized spacial score (nSPS) is 13.7. The summed E-state index contributed by atoms with van der Waals surface area (Å²) in [6, 6.07) is 11.3. The zero-order valence-corrected chi connectivity index (χ0v) is 17.1. The number of hydrogen-bond acceptors (Lipinski definition) is 4. The molecule has 3 aromatic rings. The van der Waals surface area contributed by atoms with Crippen LogP contribution in [-0.2, 0) is 0 Å². The van der Waals surface area contributed by atoms with Gasteiger partial charge in [0, 0.05) is 5.25 Å². The molecule has 2 N–H and O–H groups in total.